The van der Waals surface area contributed by atoms with Crippen LogP contribution in [-0.2, 0) is 28.6 Å². The molecule has 0 saturated heterocycles. The summed E-state index contributed by atoms with van der Waals surface area (Å²) in [6.45, 7) is 6.45. The number of hydrogen-bond donors (Lipinski definition) is 0. The first-order valence-electron chi connectivity index (χ1n) is 32.2. The van der Waals surface area contributed by atoms with Gasteiger partial charge in [0.15, 0.2) is 6.10 Å². The highest BCUT2D eigenvalue weighted by Gasteiger charge is 2.19. The maximum atomic E-state index is 12.9. The molecule has 1 atom stereocenters. The largest absolute Gasteiger partial charge is 0.462 e. The third-order valence-electron chi connectivity index (χ3n) is 13.4. The summed E-state index contributed by atoms with van der Waals surface area (Å²) >= 11 is 0. The molecule has 6 nitrogen and oxygen atoms in total. The summed E-state index contributed by atoms with van der Waals surface area (Å²) in [6, 6.07) is 0. The second-order valence-corrected chi connectivity index (χ2v) is 20.9. The van der Waals surface area contributed by atoms with Gasteiger partial charge in [0.2, 0.25) is 0 Å². The van der Waals surface area contributed by atoms with E-state index in [-0.39, 0.29) is 37.5 Å². The molecule has 0 aromatic rings. The number of allylic oxidation sites excluding steroid dienone is 22. The maximum Gasteiger partial charge on any atom is 0.306 e. The summed E-state index contributed by atoms with van der Waals surface area (Å²) in [5, 5.41) is 0. The molecule has 0 fully saturated rings. The molecule has 0 aromatic heterocycles. The topological polar surface area (TPSA) is 78.9 Å². The van der Waals surface area contributed by atoms with Gasteiger partial charge in [-0.2, -0.15) is 0 Å². The lowest BCUT2D eigenvalue weighted by Crippen LogP contribution is -2.30. The van der Waals surface area contributed by atoms with E-state index in [0.29, 0.717) is 19.3 Å². The lowest BCUT2D eigenvalue weighted by Gasteiger charge is -2.18. The number of ether oxygens (including phenoxy) is 3. The first-order valence-corrected chi connectivity index (χ1v) is 32.2. The van der Waals surface area contributed by atoms with Crippen LogP contribution in [0.25, 0.3) is 0 Å². The number of carbonyl (C=O) groups excluding carboxylic acids is 3. The summed E-state index contributed by atoms with van der Waals surface area (Å²) in [6.07, 6.45) is 91.8. The Kier molecular flexibility index (Phi) is 61.4. The quantitative estimate of drug-likeness (QED) is 0.0261. The average Bonchev–Trinajstić information content (AvgIpc) is 3.44. The predicted molar refractivity (Wildman–Crippen MR) is 339 cm³/mol. The number of hydrogen-bond acceptors (Lipinski definition) is 6. The monoisotopic (exact) mass is 1080 g/mol. The van der Waals surface area contributed by atoms with E-state index in [2.05, 4.69) is 154 Å². The molecule has 0 radical (unpaired) electrons. The van der Waals surface area contributed by atoms with E-state index in [1.54, 1.807) is 0 Å². The highest BCUT2D eigenvalue weighted by atomic mass is 16.6. The second-order valence-electron chi connectivity index (χ2n) is 20.9. The second kappa shape index (κ2) is 65.1. The molecule has 0 heterocycles. The van der Waals surface area contributed by atoms with Crippen LogP contribution < -0.4 is 0 Å². The molecule has 6 heteroatoms. The Morgan fingerprint density at radius 3 is 0.872 bits per heavy atom. The lowest BCUT2D eigenvalue weighted by molar-refractivity contribution is -0.167. The van der Waals surface area contributed by atoms with Gasteiger partial charge in [-0.3, -0.25) is 14.4 Å². The Morgan fingerprint density at radius 1 is 0.269 bits per heavy atom. The summed E-state index contributed by atoms with van der Waals surface area (Å²) < 4.78 is 16.8. The standard InChI is InChI=1S/C72H118O6/c1-4-7-10-13-16-19-22-25-27-29-31-32-33-34-35-36-37-38-39-40-42-43-45-47-50-53-56-59-62-65-71(74)77-68-69(67-76-70(73)64-61-58-55-52-49-24-21-18-15-12-9-6-3)78-72(75)66-63-60-57-54-51-48-46-44-41-30-28-26-23-20-17-14-11-8-5-2/h7,10,16,18-19,21,25-28,31-32,34-35,37-38,40,42,45,47,53,56,69H,4-6,8-9,11-15,17,20,22-24,29-30,33,36,39,41,43-44,46,48-52,54-55,57-68H2,1-3H3/b10-7-,19-16-,21-18-,27-25-,28-26-,32-31-,35-34-,38-37-,42-40-,47-45-,56-53-. The molecule has 0 spiro atoms. The van der Waals surface area contributed by atoms with E-state index < -0.39 is 6.10 Å². The van der Waals surface area contributed by atoms with Gasteiger partial charge < -0.3 is 14.2 Å². The molecule has 0 N–H and O–H groups in total. The highest BCUT2D eigenvalue weighted by molar-refractivity contribution is 5.71. The van der Waals surface area contributed by atoms with Crippen molar-refractivity contribution in [3.8, 4) is 0 Å². The molecule has 0 aliphatic carbocycles. The molecule has 0 rings (SSSR count). The zero-order valence-electron chi connectivity index (χ0n) is 50.6. The highest BCUT2D eigenvalue weighted by Crippen LogP contribution is 2.15. The molecule has 0 saturated carbocycles. The minimum Gasteiger partial charge on any atom is -0.462 e. The molecule has 0 aromatic carbocycles. The molecule has 78 heavy (non-hydrogen) atoms. The van der Waals surface area contributed by atoms with Crippen LogP contribution >= 0.6 is 0 Å². The summed E-state index contributed by atoms with van der Waals surface area (Å²) in [4.78, 5) is 38.2. The Hall–Kier alpha value is -4.45. The van der Waals surface area contributed by atoms with E-state index in [1.165, 1.54) is 122 Å². The molecule has 442 valence electrons. The molecule has 0 amide bonds. The van der Waals surface area contributed by atoms with Crippen molar-refractivity contribution in [2.24, 2.45) is 0 Å². The van der Waals surface area contributed by atoms with Crippen molar-refractivity contribution in [1.29, 1.82) is 0 Å². The number of carbonyl (C=O) groups is 3. The smallest absolute Gasteiger partial charge is 0.306 e. The van der Waals surface area contributed by atoms with Gasteiger partial charge in [-0.1, -0.05) is 264 Å². The number of unbranched alkanes of at least 4 members (excludes halogenated alkanes) is 24. The van der Waals surface area contributed by atoms with Crippen LogP contribution in [0.15, 0.2) is 134 Å². The lowest BCUT2D eigenvalue weighted by atomic mass is 10.1. The van der Waals surface area contributed by atoms with Crippen molar-refractivity contribution in [2.75, 3.05) is 13.2 Å². The van der Waals surface area contributed by atoms with Crippen molar-refractivity contribution < 1.29 is 28.6 Å². The fourth-order valence-corrected chi connectivity index (χ4v) is 8.55. The number of esters is 3. The summed E-state index contributed by atoms with van der Waals surface area (Å²) in [5.41, 5.74) is 0. The van der Waals surface area contributed by atoms with Gasteiger partial charge in [-0.15, -0.1) is 0 Å². The van der Waals surface area contributed by atoms with E-state index in [0.717, 1.165) is 116 Å². The summed E-state index contributed by atoms with van der Waals surface area (Å²) in [7, 11) is 0. The molecule has 1 unspecified atom stereocenters. The van der Waals surface area contributed by atoms with Gasteiger partial charge in [-0.05, 0) is 135 Å². The predicted octanol–water partition coefficient (Wildman–Crippen LogP) is 22.2. The third-order valence-corrected chi connectivity index (χ3v) is 13.4. The Bertz CT molecular complexity index is 1670. The summed E-state index contributed by atoms with van der Waals surface area (Å²) in [5.74, 6) is -0.975. The van der Waals surface area contributed by atoms with Gasteiger partial charge in [0.1, 0.15) is 13.2 Å². The molecule has 0 bridgehead atoms. The van der Waals surface area contributed by atoms with Gasteiger partial charge >= 0.3 is 17.9 Å². The van der Waals surface area contributed by atoms with Crippen LogP contribution in [0, 0.1) is 0 Å². The maximum absolute atomic E-state index is 12.9. The van der Waals surface area contributed by atoms with Crippen molar-refractivity contribution >= 4 is 17.9 Å². The van der Waals surface area contributed by atoms with Gasteiger partial charge in [0, 0.05) is 19.3 Å². The van der Waals surface area contributed by atoms with Crippen molar-refractivity contribution in [3.05, 3.63) is 134 Å². The van der Waals surface area contributed by atoms with Crippen LogP contribution in [0.5, 0.6) is 0 Å². The molecular weight excluding hydrogens is 961 g/mol. The first kappa shape index (κ1) is 73.5. The SMILES string of the molecule is CC/C=C\C/C=C\C/C=C\C/C=C\C/C=C\C/C=C\C/C=C\C/C=C\C/C=C\CCCC(=O)OCC(COC(=O)CCCCCCC/C=C\CCCCC)OC(=O)CCCCCCCCCCC/C=C\CCCCCCCC. The Labute approximate surface area is 481 Å². The van der Waals surface area contributed by atoms with Crippen molar-refractivity contribution in [2.45, 2.75) is 290 Å². The van der Waals surface area contributed by atoms with Crippen LogP contribution in [0.1, 0.15) is 284 Å². The average molecular weight is 1080 g/mol. The fourth-order valence-electron chi connectivity index (χ4n) is 8.55. The normalized spacial score (nSPS) is 13.0. The van der Waals surface area contributed by atoms with Crippen molar-refractivity contribution in [1.82, 2.24) is 0 Å². The Morgan fingerprint density at radius 2 is 0.513 bits per heavy atom. The van der Waals surface area contributed by atoms with Gasteiger partial charge in [0.05, 0.1) is 0 Å². The molecule has 0 aliphatic rings. The van der Waals surface area contributed by atoms with E-state index in [9.17, 15) is 14.4 Å². The van der Waals surface area contributed by atoms with E-state index in [4.69, 9.17) is 14.2 Å². The minimum absolute atomic E-state index is 0.104. The molecule has 0 aliphatic heterocycles. The zero-order valence-corrected chi connectivity index (χ0v) is 50.6. The fraction of sp³-hybridized carbons (Fsp3) is 0.653. The molecular formula is C72H118O6. The zero-order chi connectivity index (χ0) is 56.4. The van der Waals surface area contributed by atoms with Crippen LogP contribution in [0.4, 0.5) is 0 Å². The first-order chi connectivity index (χ1) is 38.5. The minimum atomic E-state index is -0.811. The van der Waals surface area contributed by atoms with E-state index in [1.807, 2.05) is 0 Å². The van der Waals surface area contributed by atoms with Gasteiger partial charge in [-0.25, -0.2) is 0 Å². The van der Waals surface area contributed by atoms with Gasteiger partial charge in [0.25, 0.3) is 0 Å². The van der Waals surface area contributed by atoms with Crippen LogP contribution in [-0.4, -0.2) is 37.2 Å². The van der Waals surface area contributed by atoms with Crippen LogP contribution in [0.2, 0.25) is 0 Å². The Balaban J connectivity index is 4.43. The number of rotatable bonds is 57. The van der Waals surface area contributed by atoms with Crippen molar-refractivity contribution in [3.63, 3.8) is 0 Å². The van der Waals surface area contributed by atoms with Crippen LogP contribution in [0.3, 0.4) is 0 Å². The third kappa shape index (κ3) is 62.4. The van der Waals surface area contributed by atoms with E-state index >= 15 is 0 Å².